The number of carbonyl (C=O) groups is 1. The number of nitrogens with zero attached hydrogens (tertiary/aromatic N) is 5. The number of carbonyl (C=O) groups excluding carboxylic acids is 1. The Hall–Kier alpha value is -3.13. The molecule has 3 rings (SSSR count). The molecule has 0 spiro atoms. The second-order valence-electron chi connectivity index (χ2n) is 7.42. The van der Waals surface area contributed by atoms with Crippen LogP contribution in [-0.2, 0) is 4.74 Å². The summed E-state index contributed by atoms with van der Waals surface area (Å²) in [6.45, 7) is 8.36. The average molecular weight is 394 g/mol. The number of benzene rings is 1. The molecule has 2 aromatic heterocycles. The molecule has 0 aliphatic carbocycles. The molecule has 0 aliphatic rings. The van der Waals surface area contributed by atoms with Crippen LogP contribution >= 0.6 is 0 Å². The van der Waals surface area contributed by atoms with Crippen molar-refractivity contribution in [3.05, 3.63) is 53.5 Å². The highest BCUT2D eigenvalue weighted by atomic mass is 16.5. The maximum absolute atomic E-state index is 12.9. The number of pyridine rings is 1. The van der Waals surface area contributed by atoms with Crippen molar-refractivity contribution in [3.63, 3.8) is 0 Å². The van der Waals surface area contributed by atoms with Crippen molar-refractivity contribution in [1.82, 2.24) is 30.5 Å². The molecule has 1 unspecified atom stereocenters. The van der Waals surface area contributed by atoms with Gasteiger partial charge >= 0.3 is 0 Å². The van der Waals surface area contributed by atoms with E-state index in [1.54, 1.807) is 24.1 Å². The van der Waals surface area contributed by atoms with Crippen LogP contribution in [0.3, 0.4) is 0 Å². The summed E-state index contributed by atoms with van der Waals surface area (Å²) in [5.41, 5.74) is 3.88. The molecule has 3 aromatic rings. The van der Waals surface area contributed by atoms with Gasteiger partial charge in [0.15, 0.2) is 5.82 Å². The monoisotopic (exact) mass is 394 g/mol. The van der Waals surface area contributed by atoms with Crippen LogP contribution < -0.4 is 5.32 Å². The van der Waals surface area contributed by atoms with Gasteiger partial charge in [-0.25, -0.2) is 0 Å². The third-order valence-electron chi connectivity index (χ3n) is 4.44. The Morgan fingerprint density at radius 2 is 2.00 bits per heavy atom. The highest BCUT2D eigenvalue weighted by Crippen LogP contribution is 2.24. The maximum Gasteiger partial charge on any atom is 0.251 e. The molecule has 0 saturated heterocycles. The quantitative estimate of drug-likeness (QED) is 0.662. The number of nitrogens with one attached hydrogen (secondary N) is 1. The molecule has 1 N–H and O–H groups in total. The molecular formula is C21H26N6O2. The summed E-state index contributed by atoms with van der Waals surface area (Å²) in [6.07, 6.45) is 1.80. The molecule has 29 heavy (non-hydrogen) atoms. The Morgan fingerprint density at radius 3 is 2.66 bits per heavy atom. The Kier molecular flexibility index (Phi) is 6.33. The zero-order valence-corrected chi connectivity index (χ0v) is 17.4. The van der Waals surface area contributed by atoms with E-state index in [1.165, 1.54) is 0 Å². The summed E-state index contributed by atoms with van der Waals surface area (Å²) in [5.74, 6) is 0.659. The van der Waals surface area contributed by atoms with Gasteiger partial charge in [-0.05, 0) is 54.1 Å². The second-order valence-corrected chi connectivity index (χ2v) is 7.42. The second kappa shape index (κ2) is 8.91. The van der Waals surface area contributed by atoms with Gasteiger partial charge in [-0.2, -0.15) is 4.68 Å². The van der Waals surface area contributed by atoms with E-state index in [2.05, 4.69) is 25.8 Å². The molecule has 152 valence electrons. The van der Waals surface area contributed by atoms with Gasteiger partial charge < -0.3 is 10.1 Å². The van der Waals surface area contributed by atoms with E-state index in [1.807, 2.05) is 52.0 Å². The van der Waals surface area contributed by atoms with Crippen molar-refractivity contribution in [3.8, 4) is 16.9 Å². The summed E-state index contributed by atoms with van der Waals surface area (Å²) in [5, 5.41) is 15.0. The minimum atomic E-state index is -0.191. The summed E-state index contributed by atoms with van der Waals surface area (Å²) >= 11 is 0. The van der Waals surface area contributed by atoms with Crippen molar-refractivity contribution in [2.24, 2.45) is 0 Å². The van der Waals surface area contributed by atoms with Crippen LogP contribution in [-0.4, -0.2) is 50.9 Å². The Balaban J connectivity index is 2.08. The van der Waals surface area contributed by atoms with Gasteiger partial charge in [0.2, 0.25) is 0 Å². The Labute approximate surface area is 170 Å². The van der Waals surface area contributed by atoms with Gasteiger partial charge in [-0.3, -0.25) is 9.78 Å². The molecular weight excluding hydrogens is 368 g/mol. The van der Waals surface area contributed by atoms with Crippen molar-refractivity contribution in [2.75, 3.05) is 13.7 Å². The molecule has 1 atom stereocenters. The lowest BCUT2D eigenvalue weighted by Crippen LogP contribution is -2.35. The van der Waals surface area contributed by atoms with Gasteiger partial charge in [0.05, 0.1) is 18.0 Å². The summed E-state index contributed by atoms with van der Waals surface area (Å²) in [7, 11) is 1.61. The first-order chi connectivity index (χ1) is 13.9. The van der Waals surface area contributed by atoms with E-state index in [0.29, 0.717) is 17.9 Å². The van der Waals surface area contributed by atoms with Crippen LogP contribution in [0.5, 0.6) is 0 Å². The van der Waals surface area contributed by atoms with Crippen molar-refractivity contribution >= 4 is 5.91 Å². The van der Waals surface area contributed by atoms with Crippen molar-refractivity contribution < 1.29 is 9.53 Å². The topological polar surface area (TPSA) is 94.8 Å². The van der Waals surface area contributed by atoms with E-state index in [-0.39, 0.29) is 17.9 Å². The van der Waals surface area contributed by atoms with Crippen LogP contribution in [0.4, 0.5) is 0 Å². The number of hydrogen-bond donors (Lipinski definition) is 1. The largest absolute Gasteiger partial charge is 0.383 e. The summed E-state index contributed by atoms with van der Waals surface area (Å²) in [6, 6.07) is 9.37. The number of aryl methyl sites for hydroxylation is 1. The summed E-state index contributed by atoms with van der Waals surface area (Å²) in [4.78, 5) is 17.4. The standard InChI is InChI=1S/C21H26N6O2/c1-13(2)20-24-25-26-27(20)18-9-16(19-7-6-14(3)11-22-19)8-17(10-18)21(28)23-15(4)12-29-5/h6-11,13,15H,12H2,1-5H3,(H,23,28). The SMILES string of the molecule is COCC(C)NC(=O)c1cc(-c2ccc(C)cn2)cc(-n2nnnc2C(C)C)c1. The fourth-order valence-electron chi connectivity index (χ4n) is 2.99. The molecule has 2 heterocycles. The molecule has 0 bridgehead atoms. The molecule has 0 aliphatic heterocycles. The Bertz CT molecular complexity index is 981. The van der Waals surface area contributed by atoms with E-state index < -0.39 is 0 Å². The van der Waals surface area contributed by atoms with Crippen LogP contribution in [0.2, 0.25) is 0 Å². The third kappa shape index (κ3) is 4.83. The smallest absolute Gasteiger partial charge is 0.251 e. The van der Waals surface area contributed by atoms with Crippen LogP contribution in [0.25, 0.3) is 16.9 Å². The number of aromatic nitrogens is 5. The molecule has 1 amide bonds. The number of amides is 1. The van der Waals surface area contributed by atoms with E-state index >= 15 is 0 Å². The van der Waals surface area contributed by atoms with Crippen LogP contribution in [0, 0.1) is 6.92 Å². The molecule has 0 fully saturated rings. The zero-order valence-electron chi connectivity index (χ0n) is 17.4. The fraction of sp³-hybridized carbons (Fsp3) is 0.381. The summed E-state index contributed by atoms with van der Waals surface area (Å²) < 4.78 is 6.78. The highest BCUT2D eigenvalue weighted by molar-refractivity contribution is 5.96. The van der Waals surface area contributed by atoms with Gasteiger partial charge in [0.1, 0.15) is 0 Å². The number of rotatable bonds is 7. The lowest BCUT2D eigenvalue weighted by atomic mass is 10.0. The minimum absolute atomic E-state index is 0.114. The minimum Gasteiger partial charge on any atom is -0.383 e. The number of methoxy groups -OCH3 is 1. The zero-order chi connectivity index (χ0) is 21.0. The van der Waals surface area contributed by atoms with E-state index in [0.717, 1.165) is 22.6 Å². The lowest BCUT2D eigenvalue weighted by molar-refractivity contribution is 0.0905. The van der Waals surface area contributed by atoms with Crippen LogP contribution in [0.15, 0.2) is 36.5 Å². The third-order valence-corrected chi connectivity index (χ3v) is 4.44. The first-order valence-corrected chi connectivity index (χ1v) is 9.55. The van der Waals surface area contributed by atoms with Gasteiger partial charge in [-0.1, -0.05) is 19.9 Å². The Morgan fingerprint density at radius 1 is 1.21 bits per heavy atom. The average Bonchev–Trinajstić information content (AvgIpc) is 3.18. The predicted octanol–water partition coefficient (Wildman–Crippen LogP) is 2.92. The van der Waals surface area contributed by atoms with Gasteiger partial charge in [0, 0.05) is 36.4 Å². The lowest BCUT2D eigenvalue weighted by Gasteiger charge is -2.15. The first-order valence-electron chi connectivity index (χ1n) is 9.55. The maximum atomic E-state index is 12.9. The molecule has 0 radical (unpaired) electrons. The molecule has 8 heteroatoms. The van der Waals surface area contributed by atoms with Gasteiger partial charge in [0.25, 0.3) is 5.91 Å². The van der Waals surface area contributed by atoms with Crippen molar-refractivity contribution in [1.29, 1.82) is 0 Å². The number of ether oxygens (including phenoxy) is 1. The number of hydrogen-bond acceptors (Lipinski definition) is 6. The molecule has 8 nitrogen and oxygen atoms in total. The van der Waals surface area contributed by atoms with E-state index in [9.17, 15) is 4.79 Å². The molecule has 0 saturated carbocycles. The highest BCUT2D eigenvalue weighted by Gasteiger charge is 2.17. The predicted molar refractivity (Wildman–Crippen MR) is 110 cm³/mol. The number of tetrazole rings is 1. The first kappa shape index (κ1) is 20.6. The van der Waals surface area contributed by atoms with Gasteiger partial charge in [-0.15, -0.1) is 5.10 Å². The van der Waals surface area contributed by atoms with Crippen LogP contribution in [0.1, 0.15) is 48.4 Å². The van der Waals surface area contributed by atoms with E-state index in [4.69, 9.17) is 4.74 Å². The normalized spacial score (nSPS) is 12.2. The molecule has 1 aromatic carbocycles. The van der Waals surface area contributed by atoms with Crippen molar-refractivity contribution in [2.45, 2.75) is 39.7 Å². The fourth-order valence-corrected chi connectivity index (χ4v) is 2.99.